The number of ether oxygens (including phenoxy) is 2. The summed E-state index contributed by atoms with van der Waals surface area (Å²) < 4.78 is 11.0. The van der Waals surface area contributed by atoms with Gasteiger partial charge in [0.1, 0.15) is 11.5 Å². The molecule has 0 aliphatic carbocycles. The van der Waals surface area contributed by atoms with E-state index < -0.39 is 0 Å². The maximum Gasteiger partial charge on any atom is 0.303 e. The van der Waals surface area contributed by atoms with Gasteiger partial charge in [0.15, 0.2) is 0 Å². The van der Waals surface area contributed by atoms with E-state index in [2.05, 4.69) is 33.4 Å². The number of esters is 1. The lowest BCUT2D eigenvalue weighted by Crippen LogP contribution is -2.48. The van der Waals surface area contributed by atoms with Crippen LogP contribution < -0.4 is 0 Å². The second-order valence-electron chi connectivity index (χ2n) is 4.27. The van der Waals surface area contributed by atoms with Crippen LogP contribution in [0, 0.1) is 11.8 Å². The molecule has 5 atom stereocenters. The molecule has 1 rings (SSSR count). The molecule has 88 valence electrons. The van der Waals surface area contributed by atoms with Crippen molar-refractivity contribution in [3.05, 3.63) is 0 Å². The fourth-order valence-corrected chi connectivity index (χ4v) is 2.59. The first-order valence-electron chi connectivity index (χ1n) is 5.48. The molecule has 0 radical (unpaired) electrons. The Morgan fingerprint density at radius 3 is 2.47 bits per heavy atom. The number of hydrogen-bond acceptors (Lipinski definition) is 4. The van der Waals surface area contributed by atoms with E-state index in [4.69, 9.17) is 9.47 Å². The highest BCUT2D eigenvalue weighted by Crippen LogP contribution is 2.35. The van der Waals surface area contributed by atoms with Gasteiger partial charge in [-0.05, 0) is 12.3 Å². The molecule has 1 saturated heterocycles. The summed E-state index contributed by atoms with van der Waals surface area (Å²) in [7, 11) is 0. The molecule has 0 amide bonds. The van der Waals surface area contributed by atoms with Crippen LogP contribution in [0.1, 0.15) is 34.1 Å². The van der Waals surface area contributed by atoms with Crippen LogP contribution in [-0.4, -0.2) is 23.6 Å². The average molecular weight is 232 g/mol. The predicted molar refractivity (Wildman–Crippen MR) is 61.8 cm³/mol. The molecule has 1 heterocycles. The number of carbonyl (C=O) groups excluding carboxylic acids is 1. The second kappa shape index (κ2) is 5.21. The Morgan fingerprint density at radius 2 is 2.00 bits per heavy atom. The van der Waals surface area contributed by atoms with Crippen molar-refractivity contribution < 1.29 is 14.3 Å². The van der Waals surface area contributed by atoms with Crippen molar-refractivity contribution in [2.24, 2.45) is 11.8 Å². The standard InChI is InChI=1S/C11H20O3S/c1-5-9-6(2)7(3)10(11(15)14-9)13-8(4)12/h6-7,9-11,15H,5H2,1-4H3/t6-,7-,9?,10?,11+/m0/s1. The zero-order chi connectivity index (χ0) is 11.6. The fraction of sp³-hybridized carbons (Fsp3) is 0.909. The molecule has 1 fully saturated rings. The zero-order valence-corrected chi connectivity index (χ0v) is 10.7. The molecule has 0 aromatic rings. The summed E-state index contributed by atoms with van der Waals surface area (Å²) in [5.74, 6) is 0.412. The molecule has 3 nitrogen and oxygen atoms in total. The lowest BCUT2D eigenvalue weighted by atomic mass is 9.83. The highest BCUT2D eigenvalue weighted by atomic mass is 32.1. The lowest BCUT2D eigenvalue weighted by Gasteiger charge is -2.42. The molecule has 1 aliphatic heterocycles. The van der Waals surface area contributed by atoms with E-state index in [-0.39, 0.29) is 29.5 Å². The van der Waals surface area contributed by atoms with Crippen LogP contribution in [0.5, 0.6) is 0 Å². The van der Waals surface area contributed by atoms with Gasteiger partial charge in [-0.1, -0.05) is 20.8 Å². The summed E-state index contributed by atoms with van der Waals surface area (Å²) in [6, 6.07) is 0. The number of hydrogen-bond donors (Lipinski definition) is 1. The van der Waals surface area contributed by atoms with Crippen molar-refractivity contribution in [3.8, 4) is 0 Å². The monoisotopic (exact) mass is 232 g/mol. The van der Waals surface area contributed by atoms with Gasteiger partial charge < -0.3 is 9.47 Å². The number of thiol groups is 1. The van der Waals surface area contributed by atoms with Crippen LogP contribution >= 0.6 is 12.6 Å². The molecule has 0 saturated carbocycles. The summed E-state index contributed by atoms with van der Waals surface area (Å²) in [6.07, 6.45) is 0.952. The minimum atomic E-state index is -0.301. The summed E-state index contributed by atoms with van der Waals surface area (Å²) >= 11 is 4.34. The third-order valence-electron chi connectivity index (χ3n) is 3.23. The van der Waals surface area contributed by atoms with E-state index in [1.165, 1.54) is 6.92 Å². The van der Waals surface area contributed by atoms with Crippen LogP contribution in [0.25, 0.3) is 0 Å². The first kappa shape index (κ1) is 12.8. The van der Waals surface area contributed by atoms with Crippen molar-refractivity contribution in [3.63, 3.8) is 0 Å². The second-order valence-corrected chi connectivity index (χ2v) is 4.77. The van der Waals surface area contributed by atoms with Crippen molar-refractivity contribution in [1.82, 2.24) is 0 Å². The lowest BCUT2D eigenvalue weighted by molar-refractivity contribution is -0.176. The van der Waals surface area contributed by atoms with Crippen LogP contribution in [0.4, 0.5) is 0 Å². The van der Waals surface area contributed by atoms with Gasteiger partial charge in [-0.25, -0.2) is 0 Å². The molecule has 2 unspecified atom stereocenters. The van der Waals surface area contributed by atoms with Gasteiger partial charge in [0.05, 0.1) is 6.10 Å². The average Bonchev–Trinajstić information content (AvgIpc) is 2.18. The van der Waals surface area contributed by atoms with E-state index in [0.717, 1.165) is 6.42 Å². The van der Waals surface area contributed by atoms with Crippen LogP contribution in [0.2, 0.25) is 0 Å². The van der Waals surface area contributed by atoms with Gasteiger partial charge in [-0.3, -0.25) is 4.79 Å². The Bertz CT molecular complexity index is 232. The van der Waals surface area contributed by atoms with Crippen molar-refractivity contribution >= 4 is 18.6 Å². The van der Waals surface area contributed by atoms with Crippen molar-refractivity contribution in [1.29, 1.82) is 0 Å². The quantitative estimate of drug-likeness (QED) is 0.586. The summed E-state index contributed by atoms with van der Waals surface area (Å²) in [5.41, 5.74) is -0.301. The fourth-order valence-electron chi connectivity index (χ4n) is 2.10. The summed E-state index contributed by atoms with van der Waals surface area (Å²) in [5, 5.41) is 0. The summed E-state index contributed by atoms with van der Waals surface area (Å²) in [6.45, 7) is 7.74. The largest absolute Gasteiger partial charge is 0.459 e. The van der Waals surface area contributed by atoms with E-state index in [1.54, 1.807) is 0 Å². The van der Waals surface area contributed by atoms with E-state index in [0.29, 0.717) is 5.92 Å². The maximum atomic E-state index is 10.9. The molecule has 4 heteroatoms. The Labute approximate surface area is 96.9 Å². The minimum absolute atomic E-state index is 0.217. The van der Waals surface area contributed by atoms with Gasteiger partial charge in [0, 0.05) is 12.8 Å². The third-order valence-corrected chi connectivity index (χ3v) is 3.65. The topological polar surface area (TPSA) is 35.5 Å². The van der Waals surface area contributed by atoms with E-state index in [9.17, 15) is 4.79 Å². The molecule has 0 N–H and O–H groups in total. The van der Waals surface area contributed by atoms with E-state index >= 15 is 0 Å². The predicted octanol–water partition coefficient (Wildman–Crippen LogP) is 2.25. The molecule has 0 spiro atoms. The van der Waals surface area contributed by atoms with E-state index in [1.807, 2.05) is 0 Å². The Balaban J connectivity index is 2.70. The van der Waals surface area contributed by atoms with Gasteiger partial charge >= 0.3 is 5.97 Å². The van der Waals surface area contributed by atoms with Gasteiger partial charge in [0.2, 0.25) is 0 Å². The number of rotatable bonds is 2. The minimum Gasteiger partial charge on any atom is -0.459 e. The maximum absolute atomic E-state index is 10.9. The van der Waals surface area contributed by atoms with Gasteiger partial charge in [-0.15, -0.1) is 12.6 Å². The van der Waals surface area contributed by atoms with Crippen LogP contribution in [-0.2, 0) is 14.3 Å². The van der Waals surface area contributed by atoms with Crippen molar-refractivity contribution in [2.75, 3.05) is 0 Å². The molecular formula is C11H20O3S. The normalized spacial score (nSPS) is 41.3. The molecule has 0 aromatic carbocycles. The third kappa shape index (κ3) is 2.88. The molecule has 0 aromatic heterocycles. The molecule has 15 heavy (non-hydrogen) atoms. The van der Waals surface area contributed by atoms with Crippen LogP contribution in [0.15, 0.2) is 0 Å². The Hall–Kier alpha value is -0.220. The molecular weight excluding hydrogens is 212 g/mol. The first-order valence-corrected chi connectivity index (χ1v) is 5.99. The Morgan fingerprint density at radius 1 is 1.40 bits per heavy atom. The highest BCUT2D eigenvalue weighted by Gasteiger charge is 2.40. The first-order chi connectivity index (χ1) is 6.97. The summed E-state index contributed by atoms with van der Waals surface area (Å²) in [4.78, 5) is 10.9. The van der Waals surface area contributed by atoms with Crippen molar-refractivity contribution in [2.45, 2.75) is 51.8 Å². The number of carbonyl (C=O) groups is 1. The van der Waals surface area contributed by atoms with Crippen LogP contribution in [0.3, 0.4) is 0 Å². The van der Waals surface area contributed by atoms with Gasteiger partial charge in [-0.2, -0.15) is 0 Å². The van der Waals surface area contributed by atoms with Gasteiger partial charge in [0.25, 0.3) is 0 Å². The molecule has 1 aliphatic rings. The highest BCUT2D eigenvalue weighted by molar-refractivity contribution is 7.80. The zero-order valence-electron chi connectivity index (χ0n) is 9.77. The molecule has 0 bridgehead atoms. The smallest absolute Gasteiger partial charge is 0.303 e. The SMILES string of the molecule is CCC1O[C@H](S)C(OC(C)=O)[C@@H](C)[C@@H]1C. The Kier molecular flexibility index (Phi) is 4.46.